The Balaban J connectivity index is 1.52. The summed E-state index contributed by atoms with van der Waals surface area (Å²) in [6, 6.07) is 4.44. The predicted octanol–water partition coefficient (Wildman–Crippen LogP) is 0.261. The van der Waals surface area contributed by atoms with E-state index in [0.717, 1.165) is 0 Å². The Kier molecular flexibility index (Phi) is 7.78. The summed E-state index contributed by atoms with van der Waals surface area (Å²) in [5.74, 6) is -2.56. The zero-order valence-corrected chi connectivity index (χ0v) is 20.6. The van der Waals surface area contributed by atoms with Gasteiger partial charge in [-0.1, -0.05) is 23.9 Å². The van der Waals surface area contributed by atoms with Crippen LogP contribution in [0.2, 0.25) is 0 Å². The SMILES string of the molecule is C=CCO/N=C(\C(=O)NC1C(=O)N2C(C(=O)O)=C(C[n+]3ccccc3)CS[C@H]12)c1nsc(NC(=O)O)n1. The molecule has 2 aromatic heterocycles. The molecule has 0 bridgehead atoms. The summed E-state index contributed by atoms with van der Waals surface area (Å²) < 4.78 is 5.73. The fourth-order valence-corrected chi connectivity index (χ4v) is 5.47. The average molecular weight is 547 g/mol. The first kappa shape index (κ1) is 25.8. The molecule has 4 N–H and O–H groups in total. The van der Waals surface area contributed by atoms with Gasteiger partial charge in [0.2, 0.25) is 16.7 Å². The number of fused-ring (bicyclic) bond motifs is 1. The van der Waals surface area contributed by atoms with Crippen molar-refractivity contribution in [2.75, 3.05) is 17.7 Å². The van der Waals surface area contributed by atoms with Gasteiger partial charge in [0, 0.05) is 35.0 Å². The smallest absolute Gasteiger partial charge is 0.411 e. The topological polar surface area (TPSA) is 187 Å². The predicted molar refractivity (Wildman–Crippen MR) is 131 cm³/mol. The van der Waals surface area contributed by atoms with Gasteiger partial charge < -0.3 is 20.4 Å². The van der Waals surface area contributed by atoms with Crippen LogP contribution < -0.4 is 15.2 Å². The maximum atomic E-state index is 13.0. The van der Waals surface area contributed by atoms with E-state index in [1.165, 1.54) is 22.7 Å². The number of β-lactam (4-membered cyclic amide) rings is 1. The van der Waals surface area contributed by atoms with Crippen LogP contribution in [0.5, 0.6) is 0 Å². The van der Waals surface area contributed by atoms with Gasteiger partial charge in [-0.2, -0.15) is 9.36 Å². The Morgan fingerprint density at radius 1 is 1.30 bits per heavy atom. The van der Waals surface area contributed by atoms with Crippen LogP contribution in [0.15, 0.2) is 59.7 Å². The van der Waals surface area contributed by atoms with E-state index in [4.69, 9.17) is 9.94 Å². The zero-order chi connectivity index (χ0) is 26.5. The van der Waals surface area contributed by atoms with Gasteiger partial charge in [-0.15, -0.1) is 11.8 Å². The number of hydrogen-bond acceptors (Lipinski definition) is 10. The van der Waals surface area contributed by atoms with Gasteiger partial charge in [-0.05, 0) is 0 Å². The number of anilines is 1. The molecule has 0 aromatic carbocycles. The number of rotatable bonds is 10. The normalized spacial score (nSPS) is 19.0. The van der Waals surface area contributed by atoms with Crippen molar-refractivity contribution in [2.24, 2.45) is 5.16 Å². The van der Waals surface area contributed by atoms with E-state index in [0.29, 0.717) is 29.4 Å². The molecule has 2 atom stereocenters. The molecule has 37 heavy (non-hydrogen) atoms. The molecule has 2 aliphatic rings. The number of carboxylic acid groups (broad SMARTS) is 2. The monoisotopic (exact) mass is 546 g/mol. The third-order valence-electron chi connectivity index (χ3n) is 5.10. The number of hydrogen-bond donors (Lipinski definition) is 4. The molecule has 14 nitrogen and oxygen atoms in total. The second-order valence-electron chi connectivity index (χ2n) is 7.54. The molecule has 16 heteroatoms. The van der Waals surface area contributed by atoms with Gasteiger partial charge in [-0.25, -0.2) is 14.2 Å². The van der Waals surface area contributed by atoms with Crippen molar-refractivity contribution in [1.29, 1.82) is 0 Å². The lowest BCUT2D eigenvalue weighted by Gasteiger charge is -2.49. The summed E-state index contributed by atoms with van der Waals surface area (Å²) >= 11 is 2.00. The molecule has 0 radical (unpaired) electrons. The highest BCUT2D eigenvalue weighted by atomic mass is 32.2. The zero-order valence-electron chi connectivity index (χ0n) is 18.9. The van der Waals surface area contributed by atoms with Crippen LogP contribution in [-0.4, -0.2) is 77.8 Å². The Bertz CT molecular complexity index is 1310. The molecule has 3 amide bonds. The number of pyridine rings is 1. The molecule has 4 heterocycles. The van der Waals surface area contributed by atoms with Crippen LogP contribution in [0.3, 0.4) is 0 Å². The van der Waals surface area contributed by atoms with Crippen molar-refractivity contribution >= 4 is 58.0 Å². The molecule has 2 aromatic rings. The summed E-state index contributed by atoms with van der Waals surface area (Å²) in [5.41, 5.74) is 0.0661. The highest BCUT2D eigenvalue weighted by molar-refractivity contribution is 8.00. The van der Waals surface area contributed by atoms with Gasteiger partial charge in [0.05, 0.1) is 0 Å². The number of carbonyl (C=O) groups is 4. The minimum atomic E-state index is -1.37. The maximum absolute atomic E-state index is 13.0. The van der Waals surface area contributed by atoms with Gasteiger partial charge >= 0.3 is 12.1 Å². The van der Waals surface area contributed by atoms with E-state index in [9.17, 15) is 24.3 Å². The second-order valence-corrected chi connectivity index (χ2v) is 9.40. The van der Waals surface area contributed by atoms with Gasteiger partial charge in [-0.3, -0.25) is 19.8 Å². The molecule has 192 valence electrons. The number of aliphatic carboxylic acids is 1. The van der Waals surface area contributed by atoms with E-state index in [-0.39, 0.29) is 23.3 Å². The van der Waals surface area contributed by atoms with Crippen molar-refractivity contribution in [2.45, 2.75) is 18.0 Å². The number of thioether (sulfide) groups is 1. The molecule has 0 aliphatic carbocycles. The Labute approximate surface area is 217 Å². The largest absolute Gasteiger partial charge is 0.477 e. The summed E-state index contributed by atoms with van der Waals surface area (Å²) in [5, 5.41) is 26.2. The number of carboxylic acids is 1. The van der Waals surface area contributed by atoms with Gasteiger partial charge in [0.25, 0.3) is 11.8 Å². The average Bonchev–Trinajstić information content (AvgIpc) is 3.32. The minimum Gasteiger partial charge on any atom is -0.477 e. The summed E-state index contributed by atoms with van der Waals surface area (Å²) in [6.45, 7) is 3.74. The lowest BCUT2D eigenvalue weighted by Crippen LogP contribution is -2.71. The number of oxime groups is 1. The van der Waals surface area contributed by atoms with E-state index < -0.39 is 41.0 Å². The summed E-state index contributed by atoms with van der Waals surface area (Å²) in [4.78, 5) is 59.0. The fourth-order valence-electron chi connectivity index (χ4n) is 3.57. The van der Waals surface area contributed by atoms with Crippen LogP contribution in [0.1, 0.15) is 5.82 Å². The number of amides is 3. The lowest BCUT2D eigenvalue weighted by atomic mass is 10.0. The standard InChI is InChI=1S/C21H19N7O7S2/c1-2-8-35-25-12(15-23-20(37-26-15)24-21(33)34)16(29)22-13-17(30)28-14(19(31)32)11(10-36-18(13)28)9-27-6-4-3-5-7-27/h2-7,13,18H,1,8-10H2,(H3-,22,23,24,26,29,31,32,33,34)/p+1/b25-12-/t13?,18-/m1/s1. The van der Waals surface area contributed by atoms with Gasteiger partial charge in [0.1, 0.15) is 23.7 Å². The number of nitrogens with zero attached hydrogens (tertiary/aromatic N) is 5. The molecule has 0 spiro atoms. The third-order valence-corrected chi connectivity index (χ3v) is 7.07. The van der Waals surface area contributed by atoms with Crippen LogP contribution in [0.25, 0.3) is 0 Å². The lowest BCUT2D eigenvalue weighted by molar-refractivity contribution is -0.689. The Hall–Kier alpha value is -4.31. The first-order chi connectivity index (χ1) is 17.8. The highest BCUT2D eigenvalue weighted by Gasteiger charge is 2.54. The molecule has 2 aliphatic heterocycles. The van der Waals surface area contributed by atoms with E-state index >= 15 is 0 Å². The highest BCUT2D eigenvalue weighted by Crippen LogP contribution is 2.40. The number of aromatic nitrogens is 3. The first-order valence-electron chi connectivity index (χ1n) is 10.6. The van der Waals surface area contributed by atoms with Crippen LogP contribution in [0.4, 0.5) is 9.93 Å². The van der Waals surface area contributed by atoms with Crippen molar-refractivity contribution in [3.8, 4) is 0 Å². The van der Waals surface area contributed by atoms with E-state index in [1.807, 2.05) is 28.1 Å². The van der Waals surface area contributed by atoms with Crippen molar-refractivity contribution < 1.29 is 38.8 Å². The van der Waals surface area contributed by atoms with Crippen LogP contribution in [0, 0.1) is 0 Å². The molecule has 4 rings (SSSR count). The quantitative estimate of drug-likeness (QED) is 0.0804. The minimum absolute atomic E-state index is 0.0370. The fraction of sp³-hybridized carbons (Fsp3) is 0.238. The molecule has 1 saturated heterocycles. The van der Waals surface area contributed by atoms with Crippen molar-refractivity contribution in [1.82, 2.24) is 19.6 Å². The molecular formula is C21H20N7O7S2+. The second kappa shape index (κ2) is 11.2. The molecule has 1 fully saturated rings. The summed E-state index contributed by atoms with van der Waals surface area (Å²) in [7, 11) is 0. The molecule has 0 saturated carbocycles. The van der Waals surface area contributed by atoms with Crippen LogP contribution >= 0.6 is 23.3 Å². The van der Waals surface area contributed by atoms with Crippen molar-refractivity contribution in [3.05, 3.63) is 60.3 Å². The Morgan fingerprint density at radius 3 is 2.73 bits per heavy atom. The van der Waals surface area contributed by atoms with Gasteiger partial charge in [0.15, 0.2) is 18.9 Å². The van der Waals surface area contributed by atoms with E-state index in [2.05, 4.69) is 26.4 Å². The van der Waals surface area contributed by atoms with E-state index in [1.54, 1.807) is 12.4 Å². The van der Waals surface area contributed by atoms with Crippen molar-refractivity contribution in [3.63, 3.8) is 0 Å². The number of nitrogens with one attached hydrogen (secondary N) is 2. The first-order valence-corrected chi connectivity index (χ1v) is 12.4. The number of carbonyl (C=O) groups excluding carboxylic acids is 2. The van der Waals surface area contributed by atoms with Crippen LogP contribution in [-0.2, 0) is 25.8 Å². The third kappa shape index (κ3) is 5.59. The molecular weight excluding hydrogens is 526 g/mol. The Morgan fingerprint density at radius 2 is 2.05 bits per heavy atom. The maximum Gasteiger partial charge on any atom is 0.411 e. The summed E-state index contributed by atoms with van der Waals surface area (Å²) in [6.07, 6.45) is 3.62. The molecule has 1 unspecified atom stereocenters.